The van der Waals surface area contributed by atoms with Crippen LogP contribution in [-0.2, 0) is 0 Å². The predicted octanol–water partition coefficient (Wildman–Crippen LogP) is 1.43. The van der Waals surface area contributed by atoms with Gasteiger partial charge in [0.05, 0.1) is 0 Å². The zero-order chi connectivity index (χ0) is 6.85. The summed E-state index contributed by atoms with van der Waals surface area (Å²) in [4.78, 5) is 0. The molecule has 0 aliphatic carbocycles. The SMILES string of the molecule is [O-][n+]1[c]c(Cl)cc(Cl)c1. The Kier molecular flexibility index (Phi) is 1.78. The van der Waals surface area contributed by atoms with Gasteiger partial charge in [-0.15, -0.1) is 0 Å². The van der Waals surface area contributed by atoms with Gasteiger partial charge in [-0.2, -0.15) is 4.73 Å². The van der Waals surface area contributed by atoms with E-state index in [0.29, 0.717) is 9.75 Å². The van der Waals surface area contributed by atoms with Crippen molar-refractivity contribution in [3.05, 3.63) is 33.7 Å². The number of halogens is 2. The van der Waals surface area contributed by atoms with Gasteiger partial charge >= 0.3 is 6.20 Å². The van der Waals surface area contributed by atoms with Crippen LogP contribution in [0.15, 0.2) is 12.3 Å². The molecule has 0 atom stereocenters. The van der Waals surface area contributed by atoms with Crippen LogP contribution in [0.3, 0.4) is 0 Å². The number of pyridine rings is 1. The zero-order valence-corrected chi connectivity index (χ0v) is 5.78. The lowest BCUT2D eigenvalue weighted by atomic mass is 10.5. The van der Waals surface area contributed by atoms with Crippen LogP contribution in [0.4, 0.5) is 0 Å². The summed E-state index contributed by atoms with van der Waals surface area (Å²) in [6, 6.07) is 1.44. The van der Waals surface area contributed by atoms with Crippen LogP contribution in [0.1, 0.15) is 0 Å². The van der Waals surface area contributed by atoms with Gasteiger partial charge in [0, 0.05) is 0 Å². The second-order valence-corrected chi connectivity index (χ2v) is 2.29. The molecule has 0 aromatic carbocycles. The maximum atomic E-state index is 10.4. The molecule has 47 valence electrons. The standard InChI is InChI=1S/C5H2Cl2NO/c6-4-1-5(7)3-8(9)2-4/h1-2H. The molecule has 0 unspecified atom stereocenters. The first-order valence-electron chi connectivity index (χ1n) is 2.16. The van der Waals surface area contributed by atoms with Crippen LogP contribution in [-0.4, -0.2) is 0 Å². The molecular weight excluding hydrogens is 161 g/mol. The molecule has 1 rings (SSSR count). The lowest BCUT2D eigenvalue weighted by Crippen LogP contribution is -2.24. The zero-order valence-electron chi connectivity index (χ0n) is 4.27. The molecule has 0 bridgehead atoms. The summed E-state index contributed by atoms with van der Waals surface area (Å²) < 4.78 is 0.435. The summed E-state index contributed by atoms with van der Waals surface area (Å²) in [6.45, 7) is 0. The summed E-state index contributed by atoms with van der Waals surface area (Å²) in [5.41, 5.74) is 0. The number of aromatic nitrogens is 1. The fourth-order valence-corrected chi connectivity index (χ4v) is 0.895. The lowest BCUT2D eigenvalue weighted by molar-refractivity contribution is -0.609. The van der Waals surface area contributed by atoms with E-state index in [2.05, 4.69) is 6.20 Å². The van der Waals surface area contributed by atoms with Crippen LogP contribution in [0.25, 0.3) is 0 Å². The minimum Gasteiger partial charge on any atom is -0.618 e. The summed E-state index contributed by atoms with van der Waals surface area (Å²) in [5, 5.41) is 10.9. The number of hydrogen-bond acceptors (Lipinski definition) is 1. The van der Waals surface area contributed by atoms with Gasteiger partial charge in [0.1, 0.15) is 10.0 Å². The largest absolute Gasteiger partial charge is 0.618 e. The Balaban J connectivity index is 3.17. The Morgan fingerprint density at radius 3 is 2.67 bits per heavy atom. The Labute approximate surface area is 62.2 Å². The molecular formula is C5H2Cl2NO. The second-order valence-electron chi connectivity index (χ2n) is 1.44. The van der Waals surface area contributed by atoms with Crippen LogP contribution >= 0.6 is 23.2 Å². The summed E-state index contributed by atoms with van der Waals surface area (Å²) in [5.74, 6) is 0. The highest BCUT2D eigenvalue weighted by Gasteiger charge is 1.98. The highest BCUT2D eigenvalue weighted by molar-refractivity contribution is 6.34. The number of nitrogens with zero attached hydrogens (tertiary/aromatic N) is 1. The third-order valence-corrected chi connectivity index (χ3v) is 1.12. The summed E-state index contributed by atoms with van der Waals surface area (Å²) in [6.07, 6.45) is 3.43. The van der Waals surface area contributed by atoms with Crippen molar-refractivity contribution in [2.75, 3.05) is 0 Å². The highest BCUT2D eigenvalue weighted by atomic mass is 35.5. The molecule has 0 fully saturated rings. The van der Waals surface area contributed by atoms with Crippen molar-refractivity contribution in [1.29, 1.82) is 0 Å². The lowest BCUT2D eigenvalue weighted by Gasteiger charge is -1.92. The van der Waals surface area contributed by atoms with E-state index < -0.39 is 0 Å². The Hall–Kier alpha value is -0.470. The van der Waals surface area contributed by atoms with E-state index in [0.717, 1.165) is 0 Å². The van der Waals surface area contributed by atoms with E-state index >= 15 is 0 Å². The third-order valence-electron chi connectivity index (χ3n) is 0.722. The predicted molar refractivity (Wildman–Crippen MR) is 34.3 cm³/mol. The maximum absolute atomic E-state index is 10.4. The average Bonchev–Trinajstić information content (AvgIpc) is 1.59. The van der Waals surface area contributed by atoms with Crippen molar-refractivity contribution in [1.82, 2.24) is 0 Å². The molecule has 0 saturated carbocycles. The molecule has 1 radical (unpaired) electrons. The molecule has 0 aliphatic rings. The minimum absolute atomic E-state index is 0.220. The van der Waals surface area contributed by atoms with E-state index in [4.69, 9.17) is 23.2 Å². The van der Waals surface area contributed by atoms with Crippen LogP contribution in [0.5, 0.6) is 0 Å². The van der Waals surface area contributed by atoms with E-state index in [1.54, 1.807) is 0 Å². The second kappa shape index (κ2) is 2.42. The quantitative estimate of drug-likeness (QED) is 0.419. The molecule has 9 heavy (non-hydrogen) atoms. The molecule has 0 aliphatic heterocycles. The first-order valence-corrected chi connectivity index (χ1v) is 2.91. The van der Waals surface area contributed by atoms with Crippen molar-refractivity contribution < 1.29 is 4.73 Å². The van der Waals surface area contributed by atoms with Crippen LogP contribution in [0.2, 0.25) is 10.0 Å². The molecule has 0 saturated heterocycles. The van der Waals surface area contributed by atoms with Gasteiger partial charge in [0.25, 0.3) is 0 Å². The summed E-state index contributed by atoms with van der Waals surface area (Å²) in [7, 11) is 0. The molecule has 1 heterocycles. The van der Waals surface area contributed by atoms with Crippen LogP contribution in [0, 0.1) is 11.4 Å². The molecule has 1 aromatic heterocycles. The van der Waals surface area contributed by atoms with Gasteiger partial charge < -0.3 is 5.21 Å². The van der Waals surface area contributed by atoms with Gasteiger partial charge in [-0.05, 0) is 6.07 Å². The molecule has 2 nitrogen and oxygen atoms in total. The van der Waals surface area contributed by atoms with Crippen molar-refractivity contribution in [2.24, 2.45) is 0 Å². The topological polar surface area (TPSA) is 26.9 Å². The van der Waals surface area contributed by atoms with Gasteiger partial charge in [-0.1, -0.05) is 23.2 Å². The monoisotopic (exact) mass is 162 g/mol. The average molecular weight is 163 g/mol. The number of rotatable bonds is 0. The first kappa shape index (κ1) is 6.65. The van der Waals surface area contributed by atoms with Crippen molar-refractivity contribution in [3.8, 4) is 0 Å². The van der Waals surface area contributed by atoms with E-state index in [1.165, 1.54) is 12.3 Å². The van der Waals surface area contributed by atoms with Gasteiger partial charge in [-0.25, -0.2) is 0 Å². The van der Waals surface area contributed by atoms with Crippen molar-refractivity contribution in [3.63, 3.8) is 0 Å². The Morgan fingerprint density at radius 1 is 1.56 bits per heavy atom. The Morgan fingerprint density at radius 2 is 2.22 bits per heavy atom. The van der Waals surface area contributed by atoms with Crippen molar-refractivity contribution in [2.45, 2.75) is 0 Å². The van der Waals surface area contributed by atoms with Crippen molar-refractivity contribution >= 4 is 23.2 Å². The fraction of sp³-hybridized carbons (Fsp3) is 0. The molecule has 4 heteroatoms. The molecule has 0 amide bonds. The van der Waals surface area contributed by atoms with Gasteiger partial charge in [0.15, 0.2) is 6.20 Å². The molecule has 0 N–H and O–H groups in total. The van der Waals surface area contributed by atoms with E-state index in [9.17, 15) is 5.21 Å². The van der Waals surface area contributed by atoms with Gasteiger partial charge in [-0.3, -0.25) is 0 Å². The summed E-state index contributed by atoms with van der Waals surface area (Å²) >= 11 is 10.8. The maximum Gasteiger partial charge on any atom is 0.310 e. The van der Waals surface area contributed by atoms with Gasteiger partial charge in [0.2, 0.25) is 0 Å². The first-order chi connectivity index (χ1) is 4.18. The third kappa shape index (κ3) is 1.73. The fourth-order valence-electron chi connectivity index (χ4n) is 0.440. The highest BCUT2D eigenvalue weighted by Crippen LogP contribution is 2.10. The van der Waals surface area contributed by atoms with E-state index in [1.807, 2.05) is 0 Å². The smallest absolute Gasteiger partial charge is 0.310 e. The van der Waals surface area contributed by atoms with E-state index in [-0.39, 0.29) is 5.02 Å². The molecule has 1 aromatic rings. The van der Waals surface area contributed by atoms with Crippen LogP contribution < -0.4 is 4.73 Å². The Bertz CT molecular complexity index is 176. The molecule has 0 spiro atoms. The normalized spacial score (nSPS) is 9.56. The minimum atomic E-state index is 0.220. The number of hydrogen-bond donors (Lipinski definition) is 0.